The van der Waals surface area contributed by atoms with E-state index in [9.17, 15) is 9.90 Å². The molecule has 1 aliphatic carbocycles. The molecular weight excluding hydrogens is 332 g/mol. The Balaban J connectivity index is 2.56. The van der Waals surface area contributed by atoms with Gasteiger partial charge in [-0.3, -0.25) is 4.79 Å². The summed E-state index contributed by atoms with van der Waals surface area (Å²) in [5.41, 5.74) is 1.24. The van der Waals surface area contributed by atoms with Crippen LogP contribution in [0.2, 0.25) is 0 Å². The summed E-state index contributed by atoms with van der Waals surface area (Å²) in [6.45, 7) is 5.60. The number of ketones is 1. The van der Waals surface area contributed by atoms with Crippen molar-refractivity contribution in [3.8, 4) is 11.5 Å². The van der Waals surface area contributed by atoms with Crippen LogP contribution in [0.4, 0.5) is 0 Å². The predicted octanol–water partition coefficient (Wildman–Crippen LogP) is 3.80. The first-order valence-electron chi connectivity index (χ1n) is 8.15. The normalized spacial score (nSPS) is 20.3. The summed E-state index contributed by atoms with van der Waals surface area (Å²) >= 11 is 0. The van der Waals surface area contributed by atoms with E-state index >= 15 is 0 Å². The summed E-state index contributed by atoms with van der Waals surface area (Å²) in [6.07, 6.45) is 7.25. The molecule has 5 nitrogen and oxygen atoms in total. The van der Waals surface area contributed by atoms with Gasteiger partial charge in [0.2, 0.25) is 0 Å². The molecule has 0 unspecified atom stereocenters. The summed E-state index contributed by atoms with van der Waals surface area (Å²) in [5.74, 6) is 0.741. The highest BCUT2D eigenvalue weighted by molar-refractivity contribution is 6.06. The molecule has 0 heterocycles. The molecule has 0 spiro atoms. The predicted molar refractivity (Wildman–Crippen MR) is 101 cm³/mol. The summed E-state index contributed by atoms with van der Waals surface area (Å²) in [7, 11) is 4.57. The lowest BCUT2D eigenvalue weighted by atomic mass is 9.82. The van der Waals surface area contributed by atoms with Crippen molar-refractivity contribution in [3.05, 3.63) is 65.5 Å². The van der Waals surface area contributed by atoms with E-state index in [1.54, 1.807) is 37.5 Å². The molecule has 2 rings (SSSR count). The summed E-state index contributed by atoms with van der Waals surface area (Å²) in [5, 5.41) is 9.76. The second-order valence-corrected chi connectivity index (χ2v) is 5.94. The van der Waals surface area contributed by atoms with Crippen molar-refractivity contribution in [2.24, 2.45) is 0 Å². The molecule has 1 N–H and O–H groups in total. The molecule has 26 heavy (non-hydrogen) atoms. The van der Waals surface area contributed by atoms with E-state index in [0.717, 1.165) is 11.1 Å². The molecule has 1 aliphatic rings. The SMILES string of the molecule is C=CCC1=C[C@](OC)(C(C)=Cc2ccc(O)c(OC)c2)C(OC)=CC1=O. The first kappa shape index (κ1) is 19.5. The van der Waals surface area contributed by atoms with Gasteiger partial charge in [0.25, 0.3) is 0 Å². The van der Waals surface area contributed by atoms with Crippen LogP contribution in [0.15, 0.2) is 59.9 Å². The summed E-state index contributed by atoms with van der Waals surface area (Å²) in [6, 6.07) is 5.05. The minimum absolute atomic E-state index is 0.0673. The average molecular weight is 356 g/mol. The second kappa shape index (κ2) is 8.06. The monoisotopic (exact) mass is 356 g/mol. The van der Waals surface area contributed by atoms with Crippen LogP contribution >= 0.6 is 0 Å². The zero-order chi connectivity index (χ0) is 19.3. The van der Waals surface area contributed by atoms with Crippen molar-refractivity contribution in [2.45, 2.75) is 18.9 Å². The van der Waals surface area contributed by atoms with Crippen molar-refractivity contribution in [1.29, 1.82) is 0 Å². The number of methoxy groups -OCH3 is 3. The first-order chi connectivity index (χ1) is 12.4. The molecule has 0 bridgehead atoms. The van der Waals surface area contributed by atoms with Crippen LogP contribution < -0.4 is 4.74 Å². The third-order valence-electron chi connectivity index (χ3n) is 4.40. The number of ether oxygens (including phenoxy) is 3. The maximum absolute atomic E-state index is 12.3. The zero-order valence-corrected chi connectivity index (χ0v) is 15.5. The zero-order valence-electron chi connectivity index (χ0n) is 15.5. The number of aromatic hydroxyl groups is 1. The van der Waals surface area contributed by atoms with Gasteiger partial charge >= 0.3 is 0 Å². The Morgan fingerprint density at radius 3 is 2.58 bits per heavy atom. The Kier molecular flexibility index (Phi) is 6.05. The Bertz CT molecular complexity index is 801. The fourth-order valence-corrected chi connectivity index (χ4v) is 3.00. The van der Waals surface area contributed by atoms with E-state index in [2.05, 4.69) is 6.58 Å². The van der Waals surface area contributed by atoms with Gasteiger partial charge in [0.05, 0.1) is 14.2 Å². The lowest BCUT2D eigenvalue weighted by Gasteiger charge is -2.35. The lowest BCUT2D eigenvalue weighted by Crippen LogP contribution is -2.37. The third kappa shape index (κ3) is 3.58. The van der Waals surface area contributed by atoms with E-state index < -0.39 is 5.60 Å². The topological polar surface area (TPSA) is 65.0 Å². The fraction of sp³-hybridized carbons (Fsp3) is 0.286. The van der Waals surface area contributed by atoms with Gasteiger partial charge in [-0.1, -0.05) is 18.2 Å². The van der Waals surface area contributed by atoms with E-state index in [4.69, 9.17) is 14.2 Å². The average Bonchev–Trinajstić information content (AvgIpc) is 2.64. The van der Waals surface area contributed by atoms with Gasteiger partial charge in [-0.15, -0.1) is 6.58 Å². The Morgan fingerprint density at radius 1 is 1.27 bits per heavy atom. The molecule has 0 fully saturated rings. The van der Waals surface area contributed by atoms with E-state index in [1.807, 2.05) is 13.0 Å². The molecule has 5 heteroatoms. The van der Waals surface area contributed by atoms with Crippen LogP contribution in [0.5, 0.6) is 11.5 Å². The fourth-order valence-electron chi connectivity index (χ4n) is 3.00. The number of phenolic OH excluding ortho intramolecular Hbond substituents is 1. The largest absolute Gasteiger partial charge is 0.504 e. The van der Waals surface area contributed by atoms with Crippen molar-refractivity contribution in [1.82, 2.24) is 0 Å². The molecule has 0 aromatic heterocycles. The van der Waals surface area contributed by atoms with Crippen LogP contribution in [-0.4, -0.2) is 37.8 Å². The number of phenols is 1. The lowest BCUT2D eigenvalue weighted by molar-refractivity contribution is -0.112. The van der Waals surface area contributed by atoms with Crippen LogP contribution in [0, 0.1) is 0 Å². The van der Waals surface area contributed by atoms with Gasteiger partial charge in [0.15, 0.2) is 22.9 Å². The molecular formula is C21H24O5. The molecule has 1 atom stereocenters. The molecule has 0 radical (unpaired) electrons. The van der Waals surface area contributed by atoms with Crippen LogP contribution in [0.25, 0.3) is 6.08 Å². The van der Waals surface area contributed by atoms with Crippen LogP contribution in [-0.2, 0) is 14.3 Å². The Labute approximate surface area is 153 Å². The Morgan fingerprint density at radius 2 is 2.00 bits per heavy atom. The van der Waals surface area contributed by atoms with Gasteiger partial charge in [0.1, 0.15) is 5.76 Å². The molecule has 0 aliphatic heterocycles. The number of hydrogen-bond acceptors (Lipinski definition) is 5. The molecule has 0 saturated heterocycles. The smallest absolute Gasteiger partial charge is 0.185 e. The molecule has 138 valence electrons. The standard InChI is InChI=1S/C21H24O5/c1-6-7-16-13-21(26-5,20(25-4)12-18(16)23)14(2)10-15-8-9-17(22)19(11-15)24-3/h6,8-13,22H,1,7H2,2-5H3/t21-/m0/s1. The highest BCUT2D eigenvalue weighted by Gasteiger charge is 2.40. The minimum atomic E-state index is -0.994. The highest BCUT2D eigenvalue weighted by atomic mass is 16.5. The number of rotatable bonds is 7. The number of carbonyl (C=O) groups is 1. The summed E-state index contributed by atoms with van der Waals surface area (Å²) < 4.78 is 16.4. The maximum Gasteiger partial charge on any atom is 0.185 e. The van der Waals surface area contributed by atoms with Gasteiger partial charge in [0, 0.05) is 18.8 Å². The van der Waals surface area contributed by atoms with Crippen LogP contribution in [0.1, 0.15) is 18.9 Å². The van der Waals surface area contributed by atoms with Gasteiger partial charge < -0.3 is 19.3 Å². The second-order valence-electron chi connectivity index (χ2n) is 5.94. The van der Waals surface area contributed by atoms with Crippen molar-refractivity contribution in [2.75, 3.05) is 21.3 Å². The first-order valence-corrected chi connectivity index (χ1v) is 8.15. The van der Waals surface area contributed by atoms with Gasteiger partial charge in [-0.2, -0.15) is 0 Å². The van der Waals surface area contributed by atoms with Crippen molar-refractivity contribution in [3.63, 3.8) is 0 Å². The number of benzene rings is 1. The van der Waals surface area contributed by atoms with E-state index in [0.29, 0.717) is 23.5 Å². The van der Waals surface area contributed by atoms with E-state index in [-0.39, 0.29) is 11.5 Å². The van der Waals surface area contributed by atoms with Crippen molar-refractivity contribution < 1.29 is 24.1 Å². The molecule has 1 aromatic rings. The maximum atomic E-state index is 12.3. The molecule has 0 amide bonds. The quantitative estimate of drug-likeness (QED) is 0.753. The number of allylic oxidation sites excluding steroid dienone is 3. The van der Waals surface area contributed by atoms with E-state index in [1.165, 1.54) is 20.3 Å². The Hall–Kier alpha value is -2.79. The highest BCUT2D eigenvalue weighted by Crippen LogP contribution is 2.38. The summed E-state index contributed by atoms with van der Waals surface area (Å²) in [4.78, 5) is 12.3. The number of hydrogen-bond donors (Lipinski definition) is 1. The van der Waals surface area contributed by atoms with Crippen molar-refractivity contribution >= 4 is 11.9 Å². The molecule has 0 saturated carbocycles. The van der Waals surface area contributed by atoms with Gasteiger partial charge in [-0.05, 0) is 42.7 Å². The van der Waals surface area contributed by atoms with Crippen LogP contribution in [0.3, 0.4) is 0 Å². The number of carbonyl (C=O) groups excluding carboxylic acids is 1. The third-order valence-corrected chi connectivity index (χ3v) is 4.40. The molecule has 1 aromatic carbocycles. The van der Waals surface area contributed by atoms with Gasteiger partial charge in [-0.25, -0.2) is 0 Å². The minimum Gasteiger partial charge on any atom is -0.504 e.